The fraction of sp³-hybridized carbons (Fsp3) is 0.111. The maximum Gasteiger partial charge on any atom is 1.00 e. The quantitative estimate of drug-likeness (QED) is 0.0492. The van der Waals surface area contributed by atoms with Crippen molar-refractivity contribution in [2.24, 2.45) is 10.2 Å². The average Bonchev–Trinajstić information content (AvgIpc) is 2.78. The number of hydrogen-bond donors (Lipinski definition) is 1. The molecule has 17 heteroatoms. The van der Waals surface area contributed by atoms with E-state index in [9.17, 15) is 31.8 Å². The Morgan fingerprint density at radius 1 is 0.943 bits per heavy atom. The number of sulfone groups is 1. The monoisotopic (exact) mass is 560 g/mol. The molecule has 0 aliphatic carbocycles. The van der Waals surface area contributed by atoms with Crippen LogP contribution in [0.2, 0.25) is 0 Å². The van der Waals surface area contributed by atoms with Crippen molar-refractivity contribution in [1.82, 2.24) is 0 Å². The van der Waals surface area contributed by atoms with Gasteiger partial charge in [0.1, 0.15) is 15.9 Å². The Morgan fingerprint density at radius 3 is 2.17 bits per heavy atom. The zero-order valence-corrected chi connectivity index (χ0v) is 24.8. The Kier molecular flexibility index (Phi) is 13.3. The van der Waals surface area contributed by atoms with Gasteiger partial charge in [0.2, 0.25) is 0 Å². The van der Waals surface area contributed by atoms with E-state index in [1.54, 1.807) is 18.2 Å². The van der Waals surface area contributed by atoms with Crippen LogP contribution in [0, 0.1) is 0 Å². The molecule has 0 fully saturated rings. The first-order valence-corrected chi connectivity index (χ1v) is 12.6. The van der Waals surface area contributed by atoms with Crippen LogP contribution in [0.5, 0.6) is 5.75 Å². The van der Waals surface area contributed by atoms with Gasteiger partial charge in [0, 0.05) is 10.8 Å². The molecule has 0 amide bonds. The second kappa shape index (κ2) is 14.3. The Labute approximate surface area is 249 Å². The van der Waals surface area contributed by atoms with Crippen LogP contribution in [-0.4, -0.2) is 38.9 Å². The summed E-state index contributed by atoms with van der Waals surface area (Å²) in [6.45, 7) is -0.267. The molecule has 0 aliphatic rings. The van der Waals surface area contributed by atoms with E-state index in [0.29, 0.717) is 5.39 Å². The fourth-order valence-electron chi connectivity index (χ4n) is 2.75. The molecule has 3 rings (SSSR count). The van der Waals surface area contributed by atoms with Crippen LogP contribution < -0.4 is 64.4 Å². The zero-order chi connectivity index (χ0) is 24.1. The standard InChI is InChI=1S/C18H16N2O10S3.2Na/c21-18-15-4-2-1-3-14(15)16(11-17(18)33(25,26)27)20-19-12-5-7-13(8-6-12)32(23,24)10-9-28-31-30-29-22;;/h1-8,11,21-22H,9-10H2,(H,25,26,27);;/q;2*+1/p-2. The minimum absolute atomic E-state index is 0. The van der Waals surface area contributed by atoms with Crippen LogP contribution in [0.25, 0.3) is 10.8 Å². The summed E-state index contributed by atoms with van der Waals surface area (Å²) in [6, 6.07) is 12.4. The van der Waals surface area contributed by atoms with E-state index >= 15 is 0 Å². The summed E-state index contributed by atoms with van der Waals surface area (Å²) in [5.74, 6) is -1.07. The summed E-state index contributed by atoms with van der Waals surface area (Å²) in [7, 11) is -8.68. The maximum absolute atomic E-state index is 12.3. The average molecular weight is 560 g/mol. The molecule has 0 heterocycles. The second-order valence-corrected chi connectivity index (χ2v) is 10.2. The van der Waals surface area contributed by atoms with E-state index in [0.717, 1.165) is 6.07 Å². The van der Waals surface area contributed by atoms with Gasteiger partial charge < -0.3 is 14.9 Å². The molecular formula is C18H14N2Na2O10S3. The minimum Gasteiger partial charge on any atom is -0.744 e. The third kappa shape index (κ3) is 8.72. The SMILES string of the molecule is O=S(=O)([O-])c1cc(N=Nc2ccc(S(=O)(=O)CCOSOO[O-])cc2)c2ccccc2c1O.[Na+].[Na+]. The molecule has 0 bridgehead atoms. The molecule has 0 unspecified atom stereocenters. The summed E-state index contributed by atoms with van der Waals surface area (Å²) in [5.41, 5.74) is 0.263. The summed E-state index contributed by atoms with van der Waals surface area (Å²) >= 11 is 0.201. The number of azo groups is 1. The molecule has 0 saturated heterocycles. The zero-order valence-electron chi connectivity index (χ0n) is 18.4. The normalized spacial score (nSPS) is 11.8. The van der Waals surface area contributed by atoms with Crippen LogP contribution in [0.1, 0.15) is 0 Å². The van der Waals surface area contributed by atoms with Crippen molar-refractivity contribution in [2.75, 3.05) is 12.4 Å². The van der Waals surface area contributed by atoms with Crippen LogP contribution in [0.3, 0.4) is 0 Å². The number of fused-ring (bicyclic) bond motifs is 1. The van der Waals surface area contributed by atoms with Gasteiger partial charge in [-0.25, -0.2) is 16.8 Å². The predicted octanol–water partition coefficient (Wildman–Crippen LogP) is -3.55. The van der Waals surface area contributed by atoms with Gasteiger partial charge in [0.15, 0.2) is 22.2 Å². The first kappa shape index (κ1) is 32.4. The van der Waals surface area contributed by atoms with Gasteiger partial charge in [-0.15, -0.1) is 9.45 Å². The van der Waals surface area contributed by atoms with E-state index < -0.39 is 36.4 Å². The van der Waals surface area contributed by atoms with E-state index in [-0.39, 0.29) is 99.7 Å². The molecule has 3 aromatic carbocycles. The molecule has 0 saturated carbocycles. The van der Waals surface area contributed by atoms with Gasteiger partial charge in [-0.2, -0.15) is 5.11 Å². The second-order valence-electron chi connectivity index (χ2n) is 6.28. The van der Waals surface area contributed by atoms with E-state index in [1.165, 1.54) is 30.3 Å². The Bertz CT molecular complexity index is 1390. The molecule has 0 aliphatic heterocycles. The smallest absolute Gasteiger partial charge is 0.744 e. The molecule has 0 aromatic heterocycles. The molecule has 12 nitrogen and oxygen atoms in total. The van der Waals surface area contributed by atoms with Gasteiger partial charge in [0.05, 0.1) is 33.5 Å². The number of nitrogens with zero attached hydrogens (tertiary/aromatic N) is 2. The number of aromatic hydroxyl groups is 1. The molecule has 3 aromatic rings. The molecule has 0 radical (unpaired) electrons. The van der Waals surface area contributed by atoms with Gasteiger partial charge in [-0.05, 0) is 30.3 Å². The van der Waals surface area contributed by atoms with Crippen LogP contribution in [-0.2, 0) is 33.5 Å². The molecule has 1 N–H and O–H groups in total. The predicted molar refractivity (Wildman–Crippen MR) is 112 cm³/mol. The van der Waals surface area contributed by atoms with Gasteiger partial charge in [0.25, 0.3) is 0 Å². The van der Waals surface area contributed by atoms with Crippen molar-refractivity contribution in [3.05, 3.63) is 54.6 Å². The first-order valence-electron chi connectivity index (χ1n) is 8.83. The van der Waals surface area contributed by atoms with Crippen molar-refractivity contribution < 1.29 is 104 Å². The Morgan fingerprint density at radius 2 is 1.57 bits per heavy atom. The largest absolute Gasteiger partial charge is 1.00 e. The molecule has 0 atom stereocenters. The summed E-state index contributed by atoms with van der Waals surface area (Å²) < 4.78 is 67.6. The minimum atomic E-state index is -4.98. The number of phenols is 1. The van der Waals surface area contributed by atoms with E-state index in [1.807, 2.05) is 0 Å². The van der Waals surface area contributed by atoms with Crippen molar-refractivity contribution in [3.63, 3.8) is 0 Å². The Balaban J connectivity index is 0.00000306. The number of benzene rings is 3. The third-order valence-corrected chi connectivity index (χ3v) is 7.16. The fourth-order valence-corrected chi connectivity index (χ4v) is 4.76. The number of phenolic OH excluding ortho intramolecular Hbond substituents is 1. The van der Waals surface area contributed by atoms with Crippen LogP contribution >= 0.6 is 12.3 Å². The van der Waals surface area contributed by atoms with Crippen molar-refractivity contribution in [2.45, 2.75) is 9.79 Å². The van der Waals surface area contributed by atoms with Gasteiger partial charge in [-0.3, -0.25) is 9.22 Å². The van der Waals surface area contributed by atoms with Crippen LogP contribution in [0.15, 0.2) is 74.6 Å². The third-order valence-electron chi connectivity index (χ3n) is 4.24. The summed E-state index contributed by atoms with van der Waals surface area (Å²) in [6.07, 6.45) is 0. The van der Waals surface area contributed by atoms with Crippen molar-refractivity contribution >= 4 is 54.4 Å². The van der Waals surface area contributed by atoms with Crippen LogP contribution in [0.4, 0.5) is 11.4 Å². The van der Waals surface area contributed by atoms with Gasteiger partial charge >= 0.3 is 59.1 Å². The van der Waals surface area contributed by atoms with E-state index in [4.69, 9.17) is 4.18 Å². The summed E-state index contributed by atoms with van der Waals surface area (Å²) in [5, 5.41) is 31.2. The molecule has 35 heavy (non-hydrogen) atoms. The first-order chi connectivity index (χ1) is 15.6. The van der Waals surface area contributed by atoms with Gasteiger partial charge in [-0.1, -0.05) is 24.3 Å². The van der Waals surface area contributed by atoms with Crippen molar-refractivity contribution in [3.8, 4) is 5.75 Å². The Hall–Kier alpha value is -0.630. The topological polar surface area (TPSA) is 187 Å². The summed E-state index contributed by atoms with van der Waals surface area (Å²) in [4.78, 5) is -0.852. The number of hydrogen-bond acceptors (Lipinski definition) is 13. The molecule has 0 spiro atoms. The van der Waals surface area contributed by atoms with Crippen molar-refractivity contribution in [1.29, 1.82) is 0 Å². The maximum atomic E-state index is 12.3. The molecular weight excluding hydrogens is 546 g/mol. The number of rotatable bonds is 10. The van der Waals surface area contributed by atoms with E-state index in [2.05, 4.69) is 19.6 Å². The molecule has 176 valence electrons.